The van der Waals surface area contributed by atoms with Crippen molar-refractivity contribution in [1.82, 2.24) is 15.1 Å². The number of hydrogen-bond donors (Lipinski definition) is 1. The molecular formula is C13H22ClN3O. The van der Waals surface area contributed by atoms with Crippen LogP contribution in [-0.4, -0.2) is 29.0 Å². The third-order valence-electron chi connectivity index (χ3n) is 3.43. The Hall–Kier alpha value is -0.580. The third-order valence-corrected chi connectivity index (χ3v) is 3.72. The first kappa shape index (κ1) is 13.8. The molecule has 0 amide bonds. The maximum atomic E-state index is 6.27. The van der Waals surface area contributed by atoms with Crippen molar-refractivity contribution in [1.29, 1.82) is 0 Å². The zero-order valence-electron chi connectivity index (χ0n) is 11.3. The van der Waals surface area contributed by atoms with Crippen LogP contribution in [0.15, 0.2) is 6.20 Å². The summed E-state index contributed by atoms with van der Waals surface area (Å²) in [4.78, 5) is 0. The predicted octanol–water partition coefficient (Wildman–Crippen LogP) is 2.54. The van der Waals surface area contributed by atoms with Crippen LogP contribution in [0, 0.1) is 5.92 Å². The molecule has 1 aliphatic carbocycles. The molecule has 1 aromatic rings. The van der Waals surface area contributed by atoms with Crippen molar-refractivity contribution in [3.63, 3.8) is 0 Å². The van der Waals surface area contributed by atoms with Gasteiger partial charge in [-0.25, -0.2) is 0 Å². The Labute approximate surface area is 114 Å². The smallest absolute Gasteiger partial charge is 0.0835 e. The molecule has 2 unspecified atom stereocenters. The van der Waals surface area contributed by atoms with Gasteiger partial charge in [-0.3, -0.25) is 4.68 Å². The van der Waals surface area contributed by atoms with Crippen LogP contribution in [-0.2, 0) is 11.8 Å². The molecule has 0 radical (unpaired) electrons. The van der Waals surface area contributed by atoms with Crippen molar-refractivity contribution in [3.05, 3.63) is 16.9 Å². The van der Waals surface area contributed by atoms with Crippen molar-refractivity contribution in [2.24, 2.45) is 13.0 Å². The first-order chi connectivity index (χ1) is 8.69. The molecule has 0 aromatic carbocycles. The zero-order chi connectivity index (χ0) is 13.1. The van der Waals surface area contributed by atoms with E-state index in [1.54, 1.807) is 6.20 Å². The lowest BCUT2D eigenvalue weighted by Gasteiger charge is -2.28. The highest BCUT2D eigenvalue weighted by molar-refractivity contribution is 6.31. The first-order valence-electron chi connectivity index (χ1n) is 6.71. The van der Waals surface area contributed by atoms with Crippen LogP contribution in [0.2, 0.25) is 5.02 Å². The molecule has 0 bridgehead atoms. The standard InChI is InChI=1S/C13H22ClN3O/c1-4-15-11(12-10(14)8-16-17(12)3)13(18-5-2)9-6-7-9/h8-9,11,13,15H,4-7H2,1-3H3. The Morgan fingerprint density at radius 1 is 1.56 bits per heavy atom. The number of aryl methyl sites for hydroxylation is 1. The van der Waals surface area contributed by atoms with E-state index < -0.39 is 0 Å². The van der Waals surface area contributed by atoms with Crippen molar-refractivity contribution >= 4 is 11.6 Å². The van der Waals surface area contributed by atoms with Gasteiger partial charge in [0.05, 0.1) is 29.1 Å². The topological polar surface area (TPSA) is 39.1 Å². The molecular weight excluding hydrogens is 250 g/mol. The van der Waals surface area contributed by atoms with Crippen LogP contribution in [0.4, 0.5) is 0 Å². The molecule has 0 aliphatic heterocycles. The maximum Gasteiger partial charge on any atom is 0.0835 e. The highest BCUT2D eigenvalue weighted by atomic mass is 35.5. The Balaban J connectivity index is 2.25. The molecule has 1 heterocycles. The van der Waals surface area contributed by atoms with Crippen LogP contribution in [0.3, 0.4) is 0 Å². The highest BCUT2D eigenvalue weighted by Gasteiger charge is 2.39. The maximum absolute atomic E-state index is 6.27. The van der Waals surface area contributed by atoms with Gasteiger partial charge in [0.15, 0.2) is 0 Å². The lowest BCUT2D eigenvalue weighted by molar-refractivity contribution is 0.0170. The fourth-order valence-electron chi connectivity index (χ4n) is 2.48. The number of likely N-dealkylation sites (N-methyl/N-ethyl adjacent to an activating group) is 1. The summed E-state index contributed by atoms with van der Waals surface area (Å²) < 4.78 is 7.80. The van der Waals surface area contributed by atoms with E-state index in [9.17, 15) is 0 Å². The Morgan fingerprint density at radius 3 is 2.72 bits per heavy atom. The number of nitrogens with one attached hydrogen (secondary N) is 1. The average molecular weight is 272 g/mol. The normalized spacial score (nSPS) is 18.9. The van der Waals surface area contributed by atoms with E-state index in [0.717, 1.165) is 18.8 Å². The van der Waals surface area contributed by atoms with Crippen LogP contribution in [0.1, 0.15) is 38.4 Å². The lowest BCUT2D eigenvalue weighted by atomic mass is 10.0. The van der Waals surface area contributed by atoms with E-state index in [2.05, 4.69) is 17.3 Å². The van der Waals surface area contributed by atoms with E-state index in [0.29, 0.717) is 10.9 Å². The van der Waals surface area contributed by atoms with Crippen molar-refractivity contribution in [2.45, 2.75) is 38.8 Å². The molecule has 1 saturated carbocycles. The lowest BCUT2D eigenvalue weighted by Crippen LogP contribution is -2.37. The summed E-state index contributed by atoms with van der Waals surface area (Å²) in [6, 6.07) is 0.127. The van der Waals surface area contributed by atoms with Crippen LogP contribution in [0.5, 0.6) is 0 Å². The zero-order valence-corrected chi connectivity index (χ0v) is 12.1. The Kier molecular flexibility index (Phi) is 4.65. The van der Waals surface area contributed by atoms with E-state index in [4.69, 9.17) is 16.3 Å². The van der Waals surface area contributed by atoms with Gasteiger partial charge < -0.3 is 10.1 Å². The number of ether oxygens (including phenoxy) is 1. The number of aromatic nitrogens is 2. The molecule has 4 nitrogen and oxygen atoms in total. The van der Waals surface area contributed by atoms with Gasteiger partial charge in [-0.05, 0) is 32.2 Å². The van der Waals surface area contributed by atoms with Gasteiger partial charge in [-0.2, -0.15) is 5.10 Å². The van der Waals surface area contributed by atoms with E-state index in [1.807, 2.05) is 18.7 Å². The summed E-state index contributed by atoms with van der Waals surface area (Å²) in [7, 11) is 1.93. The Morgan fingerprint density at radius 2 is 2.28 bits per heavy atom. The van der Waals surface area contributed by atoms with Gasteiger partial charge in [-0.15, -0.1) is 0 Å². The summed E-state index contributed by atoms with van der Waals surface area (Å²) in [5, 5.41) is 8.45. The quantitative estimate of drug-likeness (QED) is 0.828. The van der Waals surface area contributed by atoms with Crippen molar-refractivity contribution in [3.8, 4) is 0 Å². The summed E-state index contributed by atoms with van der Waals surface area (Å²) in [5.41, 5.74) is 1.03. The second-order valence-corrected chi connectivity index (χ2v) is 5.20. The number of rotatable bonds is 7. The van der Waals surface area contributed by atoms with Gasteiger partial charge in [0.1, 0.15) is 0 Å². The van der Waals surface area contributed by atoms with E-state index in [-0.39, 0.29) is 12.1 Å². The summed E-state index contributed by atoms with van der Waals surface area (Å²) in [6.45, 7) is 5.78. The fourth-order valence-corrected chi connectivity index (χ4v) is 2.76. The predicted molar refractivity (Wildman–Crippen MR) is 72.8 cm³/mol. The van der Waals surface area contributed by atoms with Crippen molar-refractivity contribution in [2.75, 3.05) is 13.2 Å². The molecule has 1 N–H and O–H groups in total. The summed E-state index contributed by atoms with van der Waals surface area (Å²) >= 11 is 6.27. The summed E-state index contributed by atoms with van der Waals surface area (Å²) in [6.07, 6.45) is 4.41. The molecule has 1 aliphatic rings. The van der Waals surface area contributed by atoms with E-state index >= 15 is 0 Å². The van der Waals surface area contributed by atoms with Gasteiger partial charge >= 0.3 is 0 Å². The summed E-state index contributed by atoms with van der Waals surface area (Å²) in [5.74, 6) is 0.653. The number of hydrogen-bond acceptors (Lipinski definition) is 3. The highest BCUT2D eigenvalue weighted by Crippen LogP contribution is 2.41. The molecule has 18 heavy (non-hydrogen) atoms. The second-order valence-electron chi connectivity index (χ2n) is 4.79. The minimum Gasteiger partial charge on any atom is -0.376 e. The first-order valence-corrected chi connectivity index (χ1v) is 7.09. The van der Waals surface area contributed by atoms with Gasteiger partial charge in [-0.1, -0.05) is 18.5 Å². The van der Waals surface area contributed by atoms with E-state index in [1.165, 1.54) is 12.8 Å². The second kappa shape index (κ2) is 6.04. The van der Waals surface area contributed by atoms with Crippen LogP contribution < -0.4 is 5.32 Å². The largest absolute Gasteiger partial charge is 0.376 e. The minimum absolute atomic E-state index is 0.127. The fraction of sp³-hybridized carbons (Fsp3) is 0.769. The molecule has 2 atom stereocenters. The number of halogens is 1. The average Bonchev–Trinajstić information content (AvgIpc) is 3.12. The number of nitrogens with zero attached hydrogens (tertiary/aromatic N) is 2. The van der Waals surface area contributed by atoms with Crippen LogP contribution in [0.25, 0.3) is 0 Å². The van der Waals surface area contributed by atoms with Gasteiger partial charge in [0.2, 0.25) is 0 Å². The molecule has 5 heteroatoms. The molecule has 1 aromatic heterocycles. The molecule has 0 spiro atoms. The third kappa shape index (κ3) is 2.87. The minimum atomic E-state index is 0.127. The monoisotopic (exact) mass is 271 g/mol. The molecule has 102 valence electrons. The van der Waals surface area contributed by atoms with Gasteiger partial charge in [0.25, 0.3) is 0 Å². The van der Waals surface area contributed by atoms with Crippen LogP contribution >= 0.6 is 11.6 Å². The molecule has 0 saturated heterocycles. The van der Waals surface area contributed by atoms with Crippen molar-refractivity contribution < 1.29 is 4.74 Å². The Bertz CT molecular complexity index is 370. The molecule has 2 rings (SSSR count). The molecule has 1 fully saturated rings. The SMILES string of the molecule is CCNC(c1c(Cl)cnn1C)C(OCC)C1CC1. The van der Waals surface area contributed by atoms with Gasteiger partial charge in [0, 0.05) is 13.7 Å².